The molecule has 4 rings (SSSR count). The summed E-state index contributed by atoms with van der Waals surface area (Å²) in [4.78, 5) is 21.6. The number of para-hydroxylation sites is 1. The molecule has 0 radical (unpaired) electrons. The van der Waals surface area contributed by atoms with Gasteiger partial charge in [0.2, 0.25) is 5.91 Å². The lowest BCUT2D eigenvalue weighted by Crippen LogP contribution is -2.35. The van der Waals surface area contributed by atoms with Crippen molar-refractivity contribution in [3.8, 4) is 17.6 Å². The third kappa shape index (κ3) is 3.67. The average Bonchev–Trinajstić information content (AvgIpc) is 2.93. The molecule has 0 spiro atoms. The van der Waals surface area contributed by atoms with E-state index in [2.05, 4.69) is 32.5 Å². The van der Waals surface area contributed by atoms with Crippen LogP contribution in [0, 0.1) is 17.2 Å². The molecule has 31 heavy (non-hydrogen) atoms. The molecule has 0 aliphatic carbocycles. The molecule has 0 bridgehead atoms. The number of carbonyl (C=O) groups is 1. The molecule has 1 aromatic carbocycles. The monoisotopic (exact) mass is 416 g/mol. The molecule has 0 saturated heterocycles. The number of fused-ring (bicyclic) bond motifs is 1. The van der Waals surface area contributed by atoms with Crippen LogP contribution in [0.3, 0.4) is 0 Å². The van der Waals surface area contributed by atoms with Gasteiger partial charge in [-0.25, -0.2) is 4.98 Å². The van der Waals surface area contributed by atoms with Crippen molar-refractivity contribution in [1.82, 2.24) is 10.3 Å². The van der Waals surface area contributed by atoms with E-state index < -0.39 is 5.92 Å². The number of aromatic nitrogens is 1. The van der Waals surface area contributed by atoms with Crippen LogP contribution in [0.5, 0.6) is 11.5 Å². The third-order valence-electron chi connectivity index (χ3n) is 4.92. The third-order valence-corrected chi connectivity index (χ3v) is 4.92. The van der Waals surface area contributed by atoms with Crippen molar-refractivity contribution < 1.29 is 14.3 Å². The van der Waals surface area contributed by atoms with Gasteiger partial charge in [-0.05, 0) is 29.8 Å². The maximum atomic E-state index is 12.7. The highest BCUT2D eigenvalue weighted by molar-refractivity contribution is 6.09. The Labute approximate surface area is 179 Å². The van der Waals surface area contributed by atoms with Gasteiger partial charge in [-0.3, -0.25) is 9.79 Å². The molecule has 1 unspecified atom stereocenters. The summed E-state index contributed by atoms with van der Waals surface area (Å²) < 4.78 is 11.7. The normalized spacial score (nSPS) is 17.0. The van der Waals surface area contributed by atoms with Gasteiger partial charge < -0.3 is 25.4 Å². The molecule has 9 heteroatoms. The van der Waals surface area contributed by atoms with Crippen molar-refractivity contribution in [1.29, 1.82) is 5.26 Å². The second kappa shape index (κ2) is 8.20. The number of nitrogens with zero attached hydrogens (tertiary/aromatic N) is 3. The topological polar surface area (TPSA) is 121 Å². The highest BCUT2D eigenvalue weighted by atomic mass is 16.5. The first-order valence-corrected chi connectivity index (χ1v) is 9.49. The summed E-state index contributed by atoms with van der Waals surface area (Å²) >= 11 is 0. The SMILES string of the molecule is C=C1CN=C(Nc2ccc(C#N)cn2)C2=C(Nc3c(OC)cccc3O2)C1C(=O)NC. The fourth-order valence-electron chi connectivity index (χ4n) is 3.39. The molecule has 2 aliphatic rings. The molecule has 0 fully saturated rings. The van der Waals surface area contributed by atoms with Crippen molar-refractivity contribution in [2.45, 2.75) is 0 Å². The second-order valence-corrected chi connectivity index (χ2v) is 6.84. The smallest absolute Gasteiger partial charge is 0.233 e. The maximum Gasteiger partial charge on any atom is 0.233 e. The van der Waals surface area contributed by atoms with Crippen molar-refractivity contribution in [3.63, 3.8) is 0 Å². The molecular weight excluding hydrogens is 396 g/mol. The number of amides is 1. The maximum absolute atomic E-state index is 12.7. The van der Waals surface area contributed by atoms with E-state index in [4.69, 9.17) is 14.7 Å². The first-order chi connectivity index (χ1) is 15.0. The van der Waals surface area contributed by atoms with Gasteiger partial charge >= 0.3 is 0 Å². The lowest BCUT2D eigenvalue weighted by atomic mass is 9.94. The number of nitriles is 1. The van der Waals surface area contributed by atoms with Crippen LogP contribution >= 0.6 is 0 Å². The number of carbonyl (C=O) groups excluding carboxylic acids is 1. The number of nitrogens with one attached hydrogen (secondary N) is 3. The number of ether oxygens (including phenoxy) is 2. The van der Waals surface area contributed by atoms with Gasteiger partial charge in [-0.1, -0.05) is 12.6 Å². The summed E-state index contributed by atoms with van der Waals surface area (Å²) in [5.74, 6) is 1.40. The first-order valence-electron chi connectivity index (χ1n) is 9.49. The van der Waals surface area contributed by atoms with Crippen molar-refractivity contribution >= 4 is 23.2 Å². The number of pyridine rings is 1. The highest BCUT2D eigenvalue weighted by Gasteiger charge is 2.37. The molecule has 1 amide bonds. The molecule has 0 saturated carbocycles. The van der Waals surface area contributed by atoms with E-state index in [-0.39, 0.29) is 12.5 Å². The summed E-state index contributed by atoms with van der Waals surface area (Å²) in [6, 6.07) is 10.8. The number of aliphatic imine (C=N–C) groups is 1. The number of hydrogen-bond acceptors (Lipinski definition) is 8. The Hall–Kier alpha value is -4.32. The molecule has 156 valence electrons. The number of hydrogen-bond donors (Lipinski definition) is 3. The number of methoxy groups -OCH3 is 1. The van der Waals surface area contributed by atoms with Crippen LogP contribution in [0.15, 0.2) is 65.1 Å². The van der Waals surface area contributed by atoms with Gasteiger partial charge in [-0.2, -0.15) is 5.26 Å². The van der Waals surface area contributed by atoms with Gasteiger partial charge in [0.05, 0.1) is 24.9 Å². The molecule has 2 aliphatic heterocycles. The Morgan fingerprint density at radius 1 is 1.39 bits per heavy atom. The lowest BCUT2D eigenvalue weighted by Gasteiger charge is -2.29. The molecule has 1 atom stereocenters. The summed E-state index contributed by atoms with van der Waals surface area (Å²) in [5.41, 5.74) is 2.16. The summed E-state index contributed by atoms with van der Waals surface area (Å²) in [5, 5.41) is 18.1. The van der Waals surface area contributed by atoms with Gasteiger partial charge in [0, 0.05) is 13.2 Å². The van der Waals surface area contributed by atoms with Crippen molar-refractivity contribution in [3.05, 3.63) is 65.7 Å². The fourth-order valence-corrected chi connectivity index (χ4v) is 3.39. The second-order valence-electron chi connectivity index (χ2n) is 6.84. The standard InChI is InChI=1S/C22H20N6O3/c1-12-10-26-21(27-16-8-7-13(9-23)11-25-16)20-19(17(12)22(29)24-2)28-18-14(30-3)5-4-6-15(18)31-20/h4-8,11,17,28H,1,10H2,2-3H3,(H,24,29)(H,25,26,27). The predicted octanol–water partition coefficient (Wildman–Crippen LogP) is 2.42. The molecular formula is C22H20N6O3. The van der Waals surface area contributed by atoms with Crippen LogP contribution in [-0.4, -0.2) is 37.4 Å². The van der Waals surface area contributed by atoms with E-state index in [1.807, 2.05) is 12.1 Å². The Balaban J connectivity index is 1.80. The molecule has 1 aromatic heterocycles. The average molecular weight is 416 g/mol. The summed E-state index contributed by atoms with van der Waals surface area (Å²) in [7, 11) is 3.13. The van der Waals surface area contributed by atoms with E-state index in [9.17, 15) is 4.79 Å². The fraction of sp³-hybridized carbons (Fsp3) is 0.182. The Kier molecular flexibility index (Phi) is 5.28. The zero-order valence-electron chi connectivity index (χ0n) is 17.0. The Bertz CT molecular complexity index is 1160. The highest BCUT2D eigenvalue weighted by Crippen LogP contribution is 2.43. The quantitative estimate of drug-likeness (QED) is 0.657. The van der Waals surface area contributed by atoms with E-state index in [1.165, 1.54) is 6.20 Å². The number of benzene rings is 1. The Morgan fingerprint density at radius 2 is 2.23 bits per heavy atom. The van der Waals surface area contributed by atoms with Gasteiger partial charge in [0.25, 0.3) is 0 Å². The van der Waals surface area contributed by atoms with Gasteiger partial charge in [-0.15, -0.1) is 0 Å². The molecule has 3 N–H and O–H groups in total. The minimum absolute atomic E-state index is 0.211. The molecule has 9 nitrogen and oxygen atoms in total. The van der Waals surface area contributed by atoms with Crippen LogP contribution < -0.4 is 25.4 Å². The number of rotatable bonds is 3. The van der Waals surface area contributed by atoms with Crippen molar-refractivity contribution in [2.75, 3.05) is 31.3 Å². The zero-order chi connectivity index (χ0) is 22.0. The van der Waals surface area contributed by atoms with Crippen LogP contribution in [0.2, 0.25) is 0 Å². The first kappa shape index (κ1) is 20.0. The van der Waals surface area contributed by atoms with Gasteiger partial charge in [0.15, 0.2) is 17.3 Å². The largest absolute Gasteiger partial charge is 0.494 e. The zero-order valence-corrected chi connectivity index (χ0v) is 17.0. The molecule has 3 heterocycles. The predicted molar refractivity (Wildman–Crippen MR) is 116 cm³/mol. The van der Waals surface area contributed by atoms with Crippen LogP contribution in [0.25, 0.3) is 0 Å². The lowest BCUT2D eigenvalue weighted by molar-refractivity contribution is -0.122. The van der Waals surface area contributed by atoms with E-state index in [0.29, 0.717) is 51.4 Å². The van der Waals surface area contributed by atoms with E-state index >= 15 is 0 Å². The summed E-state index contributed by atoms with van der Waals surface area (Å²) in [6.45, 7) is 4.28. The van der Waals surface area contributed by atoms with Gasteiger partial charge in [0.1, 0.15) is 29.2 Å². The number of anilines is 2. The minimum Gasteiger partial charge on any atom is -0.494 e. The summed E-state index contributed by atoms with van der Waals surface area (Å²) in [6.07, 6.45) is 1.46. The van der Waals surface area contributed by atoms with Crippen LogP contribution in [0.1, 0.15) is 5.56 Å². The van der Waals surface area contributed by atoms with Crippen LogP contribution in [0.4, 0.5) is 11.5 Å². The van der Waals surface area contributed by atoms with Crippen molar-refractivity contribution in [2.24, 2.45) is 10.9 Å². The van der Waals surface area contributed by atoms with Crippen LogP contribution in [-0.2, 0) is 4.79 Å². The van der Waals surface area contributed by atoms with E-state index in [1.54, 1.807) is 38.4 Å². The van der Waals surface area contributed by atoms with E-state index in [0.717, 1.165) is 0 Å². The number of amidine groups is 1. The Morgan fingerprint density at radius 3 is 2.90 bits per heavy atom. The molecule has 2 aromatic rings. The minimum atomic E-state index is -0.699.